The number of halogens is 1. The van der Waals surface area contributed by atoms with Crippen molar-refractivity contribution in [3.8, 4) is 5.75 Å². The predicted octanol–water partition coefficient (Wildman–Crippen LogP) is 3.38. The maximum Gasteiger partial charge on any atom is 0.311 e. The molecule has 1 aliphatic rings. The molecule has 1 aromatic carbocycles. The summed E-state index contributed by atoms with van der Waals surface area (Å²) in [6.45, 7) is 3.72. The third-order valence-electron chi connectivity index (χ3n) is 3.84. The molecule has 0 amide bonds. The third-order valence-corrected chi connectivity index (χ3v) is 4.08. The zero-order valence-corrected chi connectivity index (χ0v) is 11.4. The lowest BCUT2D eigenvalue weighted by molar-refractivity contribution is -0.386. The first-order chi connectivity index (χ1) is 8.88. The van der Waals surface area contributed by atoms with Crippen LogP contribution in [0.5, 0.6) is 5.75 Å². The molecule has 1 aliphatic carbocycles. The van der Waals surface area contributed by atoms with Crippen LogP contribution in [0.15, 0.2) is 18.2 Å². The van der Waals surface area contributed by atoms with Gasteiger partial charge in [-0.2, -0.15) is 0 Å². The third kappa shape index (κ3) is 2.30. The van der Waals surface area contributed by atoms with Gasteiger partial charge in [0, 0.05) is 23.6 Å². The van der Waals surface area contributed by atoms with E-state index < -0.39 is 10.3 Å². The highest BCUT2D eigenvalue weighted by Crippen LogP contribution is 2.44. The second kappa shape index (κ2) is 4.81. The Kier molecular flexibility index (Phi) is 3.49. The molecule has 6 heteroatoms. The lowest BCUT2D eigenvalue weighted by Gasteiger charge is -2.44. The molecule has 0 radical (unpaired) electrons. The standard InChI is InChI=1S/C13H14ClNO4/c1-3-13(2)11(16)7-12(13)19-10-6-8(14)4-5-9(10)15(17)18/h4-6,12H,3,7H2,1-2H3. The van der Waals surface area contributed by atoms with E-state index in [-0.39, 0.29) is 29.7 Å². The van der Waals surface area contributed by atoms with Gasteiger partial charge in [-0.15, -0.1) is 0 Å². The van der Waals surface area contributed by atoms with Crippen LogP contribution in [0.2, 0.25) is 5.02 Å². The van der Waals surface area contributed by atoms with Gasteiger partial charge < -0.3 is 4.74 Å². The molecule has 1 fully saturated rings. The van der Waals surface area contributed by atoms with Crippen molar-refractivity contribution < 1.29 is 14.5 Å². The van der Waals surface area contributed by atoms with Crippen LogP contribution in [0.4, 0.5) is 5.69 Å². The Morgan fingerprint density at radius 1 is 1.58 bits per heavy atom. The van der Waals surface area contributed by atoms with Crippen molar-refractivity contribution in [2.75, 3.05) is 0 Å². The molecule has 0 heterocycles. The first-order valence-corrected chi connectivity index (χ1v) is 6.40. The summed E-state index contributed by atoms with van der Waals surface area (Å²) in [5.74, 6) is 0.249. The number of rotatable bonds is 4. The van der Waals surface area contributed by atoms with Gasteiger partial charge in [-0.05, 0) is 19.4 Å². The summed E-state index contributed by atoms with van der Waals surface area (Å²) in [5, 5.41) is 11.3. The summed E-state index contributed by atoms with van der Waals surface area (Å²) in [6, 6.07) is 4.16. The molecule has 5 nitrogen and oxygen atoms in total. The fourth-order valence-corrected chi connectivity index (χ4v) is 2.32. The predicted molar refractivity (Wildman–Crippen MR) is 70.5 cm³/mol. The molecular weight excluding hydrogens is 270 g/mol. The van der Waals surface area contributed by atoms with E-state index in [9.17, 15) is 14.9 Å². The number of hydrogen-bond acceptors (Lipinski definition) is 4. The number of carbonyl (C=O) groups excluding carboxylic acids is 1. The minimum absolute atomic E-state index is 0.120. The Morgan fingerprint density at radius 2 is 2.26 bits per heavy atom. The van der Waals surface area contributed by atoms with Crippen LogP contribution in [0.1, 0.15) is 26.7 Å². The van der Waals surface area contributed by atoms with E-state index >= 15 is 0 Å². The SMILES string of the molecule is CCC1(C)C(=O)CC1Oc1cc(Cl)ccc1[N+](=O)[O-]. The van der Waals surface area contributed by atoms with E-state index in [0.29, 0.717) is 11.4 Å². The highest BCUT2D eigenvalue weighted by molar-refractivity contribution is 6.30. The highest BCUT2D eigenvalue weighted by atomic mass is 35.5. The van der Waals surface area contributed by atoms with E-state index in [1.54, 1.807) is 0 Å². The molecule has 0 saturated heterocycles. The minimum atomic E-state index is -0.559. The van der Waals surface area contributed by atoms with E-state index in [1.165, 1.54) is 18.2 Å². The van der Waals surface area contributed by atoms with Gasteiger partial charge in [0.05, 0.1) is 10.3 Å². The Bertz CT molecular complexity index is 545. The molecule has 2 rings (SSSR count). The summed E-state index contributed by atoms with van der Waals surface area (Å²) >= 11 is 5.83. The number of hydrogen-bond donors (Lipinski definition) is 0. The molecular formula is C13H14ClNO4. The van der Waals surface area contributed by atoms with Crippen LogP contribution < -0.4 is 4.74 Å². The number of carbonyl (C=O) groups is 1. The molecule has 102 valence electrons. The van der Waals surface area contributed by atoms with Gasteiger partial charge in [0.15, 0.2) is 5.75 Å². The number of nitro groups is 1. The summed E-state index contributed by atoms with van der Waals surface area (Å²) in [6.07, 6.45) is 0.598. The molecule has 1 aromatic rings. The van der Waals surface area contributed by atoms with Crippen LogP contribution >= 0.6 is 11.6 Å². The van der Waals surface area contributed by atoms with Crippen molar-refractivity contribution in [2.24, 2.45) is 5.41 Å². The highest BCUT2D eigenvalue weighted by Gasteiger charge is 2.52. The van der Waals surface area contributed by atoms with E-state index in [2.05, 4.69) is 0 Å². The van der Waals surface area contributed by atoms with Gasteiger partial charge in [0.25, 0.3) is 0 Å². The topological polar surface area (TPSA) is 69.4 Å². The quantitative estimate of drug-likeness (QED) is 0.627. The Balaban J connectivity index is 2.27. The monoisotopic (exact) mass is 283 g/mol. The number of benzene rings is 1. The average molecular weight is 284 g/mol. The normalized spacial score (nSPS) is 25.8. The molecule has 1 saturated carbocycles. The Hall–Kier alpha value is -1.62. The fraction of sp³-hybridized carbons (Fsp3) is 0.462. The van der Waals surface area contributed by atoms with Gasteiger partial charge in [-0.3, -0.25) is 14.9 Å². The van der Waals surface area contributed by atoms with Crippen molar-refractivity contribution >= 4 is 23.1 Å². The minimum Gasteiger partial charge on any atom is -0.482 e. The molecule has 19 heavy (non-hydrogen) atoms. The van der Waals surface area contributed by atoms with E-state index in [1.807, 2.05) is 13.8 Å². The number of Topliss-reactive ketones (excluding diaryl/α,β-unsaturated/α-hetero) is 1. The van der Waals surface area contributed by atoms with Gasteiger partial charge in [-0.1, -0.05) is 18.5 Å². The fourth-order valence-electron chi connectivity index (χ4n) is 2.16. The number of nitro benzene ring substituents is 1. The van der Waals surface area contributed by atoms with Crippen molar-refractivity contribution in [3.63, 3.8) is 0 Å². The van der Waals surface area contributed by atoms with Crippen LogP contribution in [0.25, 0.3) is 0 Å². The average Bonchev–Trinajstić information content (AvgIpc) is 2.37. The number of ketones is 1. The van der Waals surface area contributed by atoms with Gasteiger partial charge >= 0.3 is 5.69 Å². The van der Waals surface area contributed by atoms with Crippen molar-refractivity contribution in [1.82, 2.24) is 0 Å². The Morgan fingerprint density at radius 3 is 2.79 bits per heavy atom. The summed E-state index contributed by atoms with van der Waals surface area (Å²) in [5.41, 5.74) is -0.696. The van der Waals surface area contributed by atoms with Crippen molar-refractivity contribution in [1.29, 1.82) is 0 Å². The molecule has 0 bridgehead atoms. The van der Waals surface area contributed by atoms with Crippen LogP contribution in [0, 0.1) is 15.5 Å². The zero-order valence-electron chi connectivity index (χ0n) is 10.7. The number of nitrogens with zero attached hydrogens (tertiary/aromatic N) is 1. The molecule has 0 aromatic heterocycles. The van der Waals surface area contributed by atoms with Crippen molar-refractivity contribution in [2.45, 2.75) is 32.8 Å². The first kappa shape index (κ1) is 13.8. The molecule has 2 unspecified atom stereocenters. The second-order valence-electron chi connectivity index (χ2n) is 4.87. The maximum atomic E-state index is 11.6. The largest absolute Gasteiger partial charge is 0.482 e. The Labute approximate surface area is 115 Å². The van der Waals surface area contributed by atoms with Gasteiger partial charge in [-0.25, -0.2) is 0 Å². The summed E-state index contributed by atoms with van der Waals surface area (Å²) in [4.78, 5) is 22.0. The molecule has 2 atom stereocenters. The van der Waals surface area contributed by atoms with Crippen LogP contribution in [-0.2, 0) is 4.79 Å². The molecule has 0 N–H and O–H groups in total. The molecule has 0 aliphatic heterocycles. The van der Waals surface area contributed by atoms with E-state index in [0.717, 1.165) is 0 Å². The molecule has 0 spiro atoms. The number of ether oxygens (including phenoxy) is 1. The lowest BCUT2D eigenvalue weighted by Crippen LogP contribution is -2.54. The van der Waals surface area contributed by atoms with Gasteiger partial charge in [0.1, 0.15) is 11.9 Å². The van der Waals surface area contributed by atoms with Crippen molar-refractivity contribution in [3.05, 3.63) is 33.3 Å². The van der Waals surface area contributed by atoms with Crippen LogP contribution in [-0.4, -0.2) is 16.8 Å². The second-order valence-corrected chi connectivity index (χ2v) is 5.31. The summed E-state index contributed by atoms with van der Waals surface area (Å²) < 4.78 is 5.65. The summed E-state index contributed by atoms with van der Waals surface area (Å²) in [7, 11) is 0. The van der Waals surface area contributed by atoms with Gasteiger partial charge in [0.2, 0.25) is 0 Å². The van der Waals surface area contributed by atoms with E-state index in [4.69, 9.17) is 16.3 Å². The smallest absolute Gasteiger partial charge is 0.311 e. The maximum absolute atomic E-state index is 11.6. The zero-order chi connectivity index (χ0) is 14.2. The first-order valence-electron chi connectivity index (χ1n) is 6.02. The lowest BCUT2D eigenvalue weighted by atomic mass is 9.64. The van der Waals surface area contributed by atoms with Crippen LogP contribution in [0.3, 0.4) is 0 Å².